The molecule has 0 amide bonds. The van der Waals surface area contributed by atoms with Gasteiger partial charge in [0.2, 0.25) is 0 Å². The second-order valence-electron chi connectivity index (χ2n) is 12.6. The molecule has 0 spiro atoms. The van der Waals surface area contributed by atoms with Crippen LogP contribution in [0.5, 0.6) is 0 Å². The lowest BCUT2D eigenvalue weighted by molar-refractivity contribution is -0.137. The molecule has 0 aliphatic carbocycles. The van der Waals surface area contributed by atoms with Crippen molar-refractivity contribution in [2.24, 2.45) is 0 Å². The highest BCUT2D eigenvalue weighted by molar-refractivity contribution is 5.82. The van der Waals surface area contributed by atoms with Gasteiger partial charge in [-0.15, -0.1) is 0 Å². The molecule has 0 saturated carbocycles. The number of alkyl halides is 3. The number of hydrogen-bond acceptors (Lipinski definition) is 2. The van der Waals surface area contributed by atoms with E-state index in [1.165, 1.54) is 12.1 Å². The Bertz CT molecular complexity index is 2680. The third-order valence-electron chi connectivity index (χ3n) is 9.21. The Labute approximate surface area is 320 Å². The second kappa shape index (κ2) is 15.0. The summed E-state index contributed by atoms with van der Waals surface area (Å²) >= 11 is 0. The van der Waals surface area contributed by atoms with E-state index in [0.29, 0.717) is 17.1 Å². The lowest BCUT2D eigenvalue weighted by atomic mass is 10.0. The van der Waals surface area contributed by atoms with E-state index in [4.69, 9.17) is 6.85 Å². The maximum atomic E-state index is 13.5. The van der Waals surface area contributed by atoms with E-state index in [-0.39, 0.29) is 17.8 Å². The quantitative estimate of drug-likeness (QED) is 0.147. The van der Waals surface area contributed by atoms with Crippen LogP contribution in [0.1, 0.15) is 12.4 Å². The van der Waals surface area contributed by atoms with Crippen molar-refractivity contribution in [1.29, 1.82) is 0 Å². The summed E-state index contributed by atoms with van der Waals surface area (Å²) < 4.78 is 83.2. The second-order valence-corrected chi connectivity index (χ2v) is 12.6. The summed E-state index contributed by atoms with van der Waals surface area (Å²) in [6.07, 6.45) is -4.46. The molecule has 5 heteroatoms. The van der Waals surface area contributed by atoms with Gasteiger partial charge in [0.1, 0.15) is 0 Å². The van der Waals surface area contributed by atoms with Crippen molar-refractivity contribution < 1.29 is 20.0 Å². The standard InChI is InChI=1S/C49H35F3N2/c50-49(51,52)42-24-34-48(35-25-42)54(46-28-18-39(19-29-46)37-12-6-2-7-13-37)47-32-22-41(23-33-47)40-20-30-45(31-21-40)53(43-14-8-3-9-15-43)44-26-16-38(17-27-44)36-10-4-1-5-11-36/h1-35H/i3D,8D,9D,14D,15D. The van der Waals surface area contributed by atoms with Gasteiger partial charge in [-0.3, -0.25) is 0 Å². The molecule has 0 radical (unpaired) electrons. The number of hydrogen-bond donors (Lipinski definition) is 0. The Morgan fingerprint density at radius 2 is 0.593 bits per heavy atom. The molecule has 0 aromatic heterocycles. The summed E-state index contributed by atoms with van der Waals surface area (Å²) in [5.74, 6) is 0. The van der Waals surface area contributed by atoms with Gasteiger partial charge in [0.25, 0.3) is 0 Å². The summed E-state index contributed by atoms with van der Waals surface area (Å²) in [6.45, 7) is 0. The van der Waals surface area contributed by atoms with Crippen molar-refractivity contribution >= 4 is 34.1 Å². The topological polar surface area (TPSA) is 6.48 Å². The zero-order valence-electron chi connectivity index (χ0n) is 33.8. The van der Waals surface area contributed by atoms with Crippen LogP contribution < -0.4 is 9.80 Å². The van der Waals surface area contributed by atoms with Crippen LogP contribution in [0, 0.1) is 0 Å². The number of para-hydroxylation sites is 1. The number of halogens is 3. The highest BCUT2D eigenvalue weighted by atomic mass is 19.4. The van der Waals surface area contributed by atoms with Gasteiger partial charge in [-0.2, -0.15) is 13.2 Å². The number of nitrogens with zero attached hydrogens (tertiary/aromatic N) is 2. The van der Waals surface area contributed by atoms with E-state index in [0.717, 1.165) is 56.9 Å². The molecule has 0 aliphatic rings. The first-order chi connectivity index (χ1) is 28.5. The van der Waals surface area contributed by atoms with Crippen molar-refractivity contribution in [3.05, 3.63) is 218 Å². The lowest BCUT2D eigenvalue weighted by Crippen LogP contribution is -2.11. The minimum absolute atomic E-state index is 0.0284. The molecule has 0 N–H and O–H groups in total. The molecule has 0 unspecified atom stereocenters. The SMILES string of the molecule is [2H]c1c([2H])c([2H])c(N(c2ccc(-c3ccccc3)cc2)c2ccc(-c3ccc(N(c4ccc(-c5ccccc5)cc4)c4ccc(C(F)(F)F)cc4)cc3)cc2)c([2H])c1[2H]. The lowest BCUT2D eigenvalue weighted by Gasteiger charge is -2.26. The van der Waals surface area contributed by atoms with E-state index in [2.05, 4.69) is 0 Å². The van der Waals surface area contributed by atoms with Gasteiger partial charge >= 0.3 is 6.18 Å². The largest absolute Gasteiger partial charge is 0.416 e. The normalized spacial score (nSPS) is 12.5. The summed E-state index contributed by atoms with van der Waals surface area (Å²) in [5.41, 5.74) is 8.34. The molecule has 0 bridgehead atoms. The molecule has 0 aliphatic heterocycles. The minimum atomic E-state index is -4.46. The van der Waals surface area contributed by atoms with Crippen LogP contribution in [0.3, 0.4) is 0 Å². The molecule has 8 aromatic carbocycles. The molecular weight excluding hydrogens is 674 g/mol. The fourth-order valence-corrected chi connectivity index (χ4v) is 6.48. The first-order valence-electron chi connectivity index (χ1n) is 19.8. The average molecular weight is 714 g/mol. The first-order valence-corrected chi connectivity index (χ1v) is 17.3. The van der Waals surface area contributed by atoms with E-state index >= 15 is 0 Å². The molecule has 262 valence electrons. The molecule has 8 aromatic rings. The molecule has 0 fully saturated rings. The number of rotatable bonds is 9. The molecule has 0 saturated heterocycles. The van der Waals surface area contributed by atoms with E-state index < -0.39 is 29.9 Å². The van der Waals surface area contributed by atoms with Gasteiger partial charge in [0, 0.05) is 34.1 Å². The van der Waals surface area contributed by atoms with Gasteiger partial charge < -0.3 is 9.80 Å². The monoisotopic (exact) mass is 713 g/mol. The summed E-state index contributed by atoms with van der Waals surface area (Å²) in [7, 11) is 0. The summed E-state index contributed by atoms with van der Waals surface area (Å²) in [4.78, 5) is 3.58. The van der Waals surface area contributed by atoms with Crippen LogP contribution in [-0.4, -0.2) is 0 Å². The van der Waals surface area contributed by atoms with Gasteiger partial charge in [-0.05, 0) is 118 Å². The van der Waals surface area contributed by atoms with Gasteiger partial charge in [0.05, 0.1) is 12.4 Å². The van der Waals surface area contributed by atoms with Crippen LogP contribution in [0.15, 0.2) is 212 Å². The Hall–Kier alpha value is -6.85. The predicted molar refractivity (Wildman–Crippen MR) is 217 cm³/mol. The highest BCUT2D eigenvalue weighted by Crippen LogP contribution is 2.40. The first kappa shape index (κ1) is 28.7. The third-order valence-corrected chi connectivity index (χ3v) is 9.21. The van der Waals surface area contributed by atoms with Gasteiger partial charge in [-0.25, -0.2) is 0 Å². The maximum Gasteiger partial charge on any atom is 0.416 e. The van der Waals surface area contributed by atoms with E-state index in [1.54, 1.807) is 4.90 Å². The maximum absolute atomic E-state index is 13.5. The fraction of sp³-hybridized carbons (Fsp3) is 0.0204. The summed E-state index contributed by atoms with van der Waals surface area (Å²) in [6, 6.07) is 53.6. The molecule has 54 heavy (non-hydrogen) atoms. The molecule has 0 atom stereocenters. The number of anilines is 6. The molecule has 8 rings (SSSR count). The average Bonchev–Trinajstić information content (AvgIpc) is 3.28. The third kappa shape index (κ3) is 7.39. The Balaban J connectivity index is 1.14. The Kier molecular flexibility index (Phi) is 7.98. The van der Waals surface area contributed by atoms with Crippen molar-refractivity contribution in [1.82, 2.24) is 0 Å². The smallest absolute Gasteiger partial charge is 0.311 e. The Morgan fingerprint density at radius 1 is 0.315 bits per heavy atom. The Morgan fingerprint density at radius 3 is 0.907 bits per heavy atom. The van der Waals surface area contributed by atoms with Gasteiger partial charge in [-0.1, -0.05) is 127 Å². The van der Waals surface area contributed by atoms with E-state index in [9.17, 15) is 13.2 Å². The molecule has 0 heterocycles. The summed E-state index contributed by atoms with van der Waals surface area (Å²) in [5, 5.41) is 0. The van der Waals surface area contributed by atoms with Crippen LogP contribution in [0.2, 0.25) is 0 Å². The van der Waals surface area contributed by atoms with E-state index in [1.807, 2.05) is 163 Å². The fourth-order valence-electron chi connectivity index (χ4n) is 6.48. The molecular formula is C49H35F3N2. The minimum Gasteiger partial charge on any atom is -0.311 e. The van der Waals surface area contributed by atoms with Crippen molar-refractivity contribution in [2.75, 3.05) is 9.80 Å². The number of benzene rings is 8. The van der Waals surface area contributed by atoms with Gasteiger partial charge in [0.15, 0.2) is 0 Å². The van der Waals surface area contributed by atoms with Crippen molar-refractivity contribution in [3.8, 4) is 33.4 Å². The molecule has 2 nitrogen and oxygen atoms in total. The van der Waals surface area contributed by atoms with Crippen molar-refractivity contribution in [3.63, 3.8) is 0 Å². The van der Waals surface area contributed by atoms with Crippen LogP contribution >= 0.6 is 0 Å². The zero-order valence-corrected chi connectivity index (χ0v) is 28.8. The van der Waals surface area contributed by atoms with Crippen LogP contribution in [-0.2, 0) is 6.18 Å². The predicted octanol–water partition coefficient (Wildman–Crippen LogP) is 14.6. The van der Waals surface area contributed by atoms with Crippen LogP contribution in [0.4, 0.5) is 47.3 Å². The van der Waals surface area contributed by atoms with Crippen LogP contribution in [0.25, 0.3) is 33.4 Å². The highest BCUT2D eigenvalue weighted by Gasteiger charge is 2.30. The zero-order chi connectivity index (χ0) is 41.3. The van der Waals surface area contributed by atoms with Crippen molar-refractivity contribution in [2.45, 2.75) is 6.18 Å².